The molecular weight excluding hydrogens is 537 g/mol. The molecule has 2 aliphatic rings. The smallest absolute Gasteiger partial charge is 0.321 e. The summed E-state index contributed by atoms with van der Waals surface area (Å²) in [5.41, 5.74) is 3.13. The molecule has 220 valence electrons. The molecule has 1 aliphatic carbocycles. The number of hydrogen-bond donors (Lipinski definition) is 2. The summed E-state index contributed by atoms with van der Waals surface area (Å²) in [5, 5.41) is 5.82. The fourth-order valence-corrected chi connectivity index (χ4v) is 5.11. The van der Waals surface area contributed by atoms with E-state index in [9.17, 15) is 18.8 Å². The van der Waals surface area contributed by atoms with Gasteiger partial charge in [-0.3, -0.25) is 9.59 Å². The number of anilines is 3. The first-order valence-corrected chi connectivity index (χ1v) is 14.3. The van der Waals surface area contributed by atoms with Crippen molar-refractivity contribution in [3.8, 4) is 5.75 Å². The zero-order valence-corrected chi connectivity index (χ0v) is 23.7. The Bertz CT molecular complexity index is 1370. The van der Waals surface area contributed by atoms with Crippen LogP contribution in [0.25, 0.3) is 0 Å². The van der Waals surface area contributed by atoms with Crippen LogP contribution in [0.2, 0.25) is 0 Å². The predicted molar refractivity (Wildman–Crippen MR) is 160 cm³/mol. The van der Waals surface area contributed by atoms with Crippen molar-refractivity contribution in [2.45, 2.75) is 25.8 Å². The van der Waals surface area contributed by atoms with Crippen molar-refractivity contribution in [1.82, 2.24) is 9.80 Å². The second-order valence-corrected chi connectivity index (χ2v) is 10.7. The lowest BCUT2D eigenvalue weighted by Gasteiger charge is -2.36. The van der Waals surface area contributed by atoms with Crippen LogP contribution in [0.4, 0.5) is 26.2 Å². The van der Waals surface area contributed by atoms with E-state index in [4.69, 9.17) is 4.74 Å². The number of carbonyl (C=O) groups is 3. The molecular formula is C32H36FN5O4. The van der Waals surface area contributed by atoms with E-state index in [1.54, 1.807) is 41.2 Å². The van der Waals surface area contributed by atoms with Crippen LogP contribution < -0.4 is 20.3 Å². The van der Waals surface area contributed by atoms with Gasteiger partial charge in [-0.1, -0.05) is 18.6 Å². The Hall–Kier alpha value is -4.60. The molecule has 9 nitrogen and oxygen atoms in total. The lowest BCUT2D eigenvalue weighted by atomic mass is 9.84. The topological polar surface area (TPSA) is 94.2 Å². The molecule has 2 fully saturated rings. The van der Waals surface area contributed by atoms with E-state index in [1.807, 2.05) is 36.4 Å². The molecule has 1 saturated carbocycles. The van der Waals surface area contributed by atoms with Gasteiger partial charge >= 0.3 is 6.03 Å². The summed E-state index contributed by atoms with van der Waals surface area (Å²) in [6.45, 7) is 2.71. The maximum absolute atomic E-state index is 13.3. The average Bonchev–Trinajstić information content (AvgIpc) is 2.98. The van der Waals surface area contributed by atoms with Gasteiger partial charge in [-0.05, 0) is 79.1 Å². The SMILES string of the molecule is COc1ccc(NC(=O)N2CCN(c3ccc(NC(=O)CN(Cc4ccc(F)cc4)C(=O)C4CCC4)cc3)CC2)cc1. The molecule has 1 aliphatic heterocycles. The molecule has 0 unspecified atom stereocenters. The van der Waals surface area contributed by atoms with Crippen molar-refractivity contribution in [3.63, 3.8) is 0 Å². The van der Waals surface area contributed by atoms with Crippen LogP contribution >= 0.6 is 0 Å². The standard InChI is InChI=1S/C32H36FN5O4/c1-42-29-15-11-27(12-16-29)35-32(41)37-19-17-36(18-20-37)28-13-9-26(10-14-28)34-30(39)22-38(31(40)24-3-2-4-24)21-23-5-7-25(33)8-6-23/h5-16,24H,2-4,17-22H2,1H3,(H,34,39)(H,35,41). The van der Waals surface area contributed by atoms with Gasteiger partial charge in [0, 0.05) is 55.7 Å². The van der Waals surface area contributed by atoms with Crippen molar-refractivity contribution in [3.05, 3.63) is 84.2 Å². The summed E-state index contributed by atoms with van der Waals surface area (Å²) < 4.78 is 18.5. The average molecular weight is 574 g/mol. The van der Waals surface area contributed by atoms with Gasteiger partial charge < -0.3 is 30.1 Å². The number of amides is 4. The number of rotatable bonds is 9. The van der Waals surface area contributed by atoms with Gasteiger partial charge in [0.2, 0.25) is 11.8 Å². The highest BCUT2D eigenvalue weighted by Crippen LogP contribution is 2.29. The minimum Gasteiger partial charge on any atom is -0.497 e. The third kappa shape index (κ3) is 7.37. The Kier molecular flexibility index (Phi) is 9.21. The third-order valence-electron chi connectivity index (χ3n) is 7.81. The molecule has 1 saturated heterocycles. The lowest BCUT2D eigenvalue weighted by Crippen LogP contribution is -2.50. The minimum atomic E-state index is -0.339. The van der Waals surface area contributed by atoms with Crippen molar-refractivity contribution in [1.29, 1.82) is 0 Å². The number of carbonyl (C=O) groups excluding carboxylic acids is 3. The zero-order valence-electron chi connectivity index (χ0n) is 23.7. The quantitative estimate of drug-likeness (QED) is 0.378. The predicted octanol–water partition coefficient (Wildman–Crippen LogP) is 4.96. The van der Waals surface area contributed by atoms with Crippen molar-refractivity contribution in [2.24, 2.45) is 5.92 Å². The van der Waals surface area contributed by atoms with E-state index in [0.717, 1.165) is 36.3 Å². The Morgan fingerprint density at radius 3 is 2.07 bits per heavy atom. The summed E-state index contributed by atoms with van der Waals surface area (Å²) in [6.07, 6.45) is 2.69. The first-order chi connectivity index (χ1) is 20.4. The molecule has 3 aromatic rings. The van der Waals surface area contributed by atoms with Crippen LogP contribution in [0.5, 0.6) is 5.75 Å². The number of nitrogens with one attached hydrogen (secondary N) is 2. The van der Waals surface area contributed by atoms with E-state index in [0.29, 0.717) is 37.6 Å². The van der Waals surface area contributed by atoms with Gasteiger partial charge in [-0.2, -0.15) is 0 Å². The minimum absolute atomic E-state index is 0.0344. The number of ether oxygens (including phenoxy) is 1. The van der Waals surface area contributed by atoms with Crippen molar-refractivity contribution in [2.75, 3.05) is 55.4 Å². The zero-order chi connectivity index (χ0) is 29.5. The molecule has 0 spiro atoms. The molecule has 42 heavy (non-hydrogen) atoms. The number of benzene rings is 3. The van der Waals surface area contributed by atoms with E-state index in [-0.39, 0.29) is 42.7 Å². The van der Waals surface area contributed by atoms with Gasteiger partial charge in [0.05, 0.1) is 7.11 Å². The molecule has 10 heteroatoms. The molecule has 4 amide bonds. The molecule has 0 atom stereocenters. The molecule has 1 heterocycles. The van der Waals surface area contributed by atoms with E-state index >= 15 is 0 Å². The summed E-state index contributed by atoms with van der Waals surface area (Å²) >= 11 is 0. The second kappa shape index (κ2) is 13.4. The fourth-order valence-electron chi connectivity index (χ4n) is 5.11. The van der Waals surface area contributed by atoms with Crippen LogP contribution in [0.3, 0.4) is 0 Å². The van der Waals surface area contributed by atoms with E-state index in [2.05, 4.69) is 15.5 Å². The number of halogens is 1. The number of hydrogen-bond acceptors (Lipinski definition) is 5. The number of piperazine rings is 1. The summed E-state index contributed by atoms with van der Waals surface area (Å²) in [6, 6.07) is 20.7. The number of nitrogens with zero attached hydrogens (tertiary/aromatic N) is 3. The lowest BCUT2D eigenvalue weighted by molar-refractivity contribution is -0.141. The van der Waals surface area contributed by atoms with E-state index < -0.39 is 0 Å². The maximum Gasteiger partial charge on any atom is 0.321 e. The fraction of sp³-hybridized carbons (Fsp3) is 0.344. The third-order valence-corrected chi connectivity index (χ3v) is 7.81. The normalized spacial score (nSPS) is 15.0. The summed E-state index contributed by atoms with van der Waals surface area (Å²) in [5.74, 6) is 0.0254. The van der Waals surface area contributed by atoms with Gasteiger partial charge in [-0.15, -0.1) is 0 Å². The highest BCUT2D eigenvalue weighted by atomic mass is 19.1. The Morgan fingerprint density at radius 1 is 0.857 bits per heavy atom. The highest BCUT2D eigenvalue weighted by Gasteiger charge is 2.30. The first-order valence-electron chi connectivity index (χ1n) is 14.3. The molecule has 5 rings (SSSR count). The molecule has 0 aromatic heterocycles. The van der Waals surface area contributed by atoms with Crippen LogP contribution in [0.1, 0.15) is 24.8 Å². The van der Waals surface area contributed by atoms with Crippen LogP contribution in [0.15, 0.2) is 72.8 Å². The Balaban J connectivity index is 1.11. The first kappa shape index (κ1) is 28.9. The summed E-state index contributed by atoms with van der Waals surface area (Å²) in [7, 11) is 1.60. The van der Waals surface area contributed by atoms with Gasteiger partial charge in [0.15, 0.2) is 0 Å². The monoisotopic (exact) mass is 573 g/mol. The van der Waals surface area contributed by atoms with Gasteiger partial charge in [-0.25, -0.2) is 9.18 Å². The van der Waals surface area contributed by atoms with Crippen LogP contribution in [-0.4, -0.2) is 67.5 Å². The highest BCUT2D eigenvalue weighted by molar-refractivity contribution is 5.95. The Labute approximate surface area is 245 Å². The molecule has 0 bridgehead atoms. The Morgan fingerprint density at radius 2 is 1.48 bits per heavy atom. The van der Waals surface area contributed by atoms with Crippen LogP contribution in [-0.2, 0) is 16.1 Å². The van der Waals surface area contributed by atoms with Gasteiger partial charge in [0.25, 0.3) is 0 Å². The molecule has 3 aromatic carbocycles. The van der Waals surface area contributed by atoms with Crippen molar-refractivity contribution < 1.29 is 23.5 Å². The largest absolute Gasteiger partial charge is 0.497 e. The van der Waals surface area contributed by atoms with Gasteiger partial charge in [0.1, 0.15) is 18.1 Å². The maximum atomic E-state index is 13.3. The second-order valence-electron chi connectivity index (χ2n) is 10.7. The van der Waals surface area contributed by atoms with Crippen molar-refractivity contribution >= 4 is 34.9 Å². The van der Waals surface area contributed by atoms with E-state index in [1.165, 1.54) is 12.1 Å². The summed E-state index contributed by atoms with van der Waals surface area (Å²) in [4.78, 5) is 44.2. The molecule has 0 radical (unpaired) electrons. The number of methoxy groups -OCH3 is 1. The van der Waals surface area contributed by atoms with Crippen LogP contribution in [0, 0.1) is 11.7 Å². The molecule has 2 N–H and O–H groups in total. The number of urea groups is 1.